The number of aliphatic hydroxyl groups is 3. The van der Waals surface area contributed by atoms with E-state index in [1.165, 1.54) is 12.8 Å². The fourth-order valence-corrected chi connectivity index (χ4v) is 7.24. The lowest BCUT2D eigenvalue weighted by molar-refractivity contribution is -0.148. The topological polar surface area (TPSA) is 60.7 Å². The van der Waals surface area contributed by atoms with Crippen LogP contribution in [0, 0.1) is 28.6 Å². The van der Waals surface area contributed by atoms with Gasteiger partial charge in [0.25, 0.3) is 0 Å². The smallest absolute Gasteiger partial charge is 0.0961 e. The zero-order valence-corrected chi connectivity index (χ0v) is 15.5. The normalized spacial score (nSPS) is 55.2. The Morgan fingerprint density at radius 3 is 2.58 bits per heavy atom. The molecule has 0 aromatic carbocycles. The van der Waals surface area contributed by atoms with Crippen molar-refractivity contribution in [3.8, 4) is 0 Å². The van der Waals surface area contributed by atoms with Crippen LogP contribution in [0.5, 0.6) is 0 Å². The predicted octanol–water partition coefficient (Wildman–Crippen LogP) is 3.42. The highest BCUT2D eigenvalue weighted by atomic mass is 16.3. The summed E-state index contributed by atoms with van der Waals surface area (Å²) in [6.07, 6.45) is 9.68. The van der Waals surface area contributed by atoms with Gasteiger partial charge in [-0.2, -0.15) is 0 Å². The molecule has 3 heteroatoms. The molecule has 3 N–H and O–H groups in total. The Bertz CT molecular complexity index is 555. The highest BCUT2D eigenvalue weighted by molar-refractivity contribution is 5.30. The molecule has 0 heterocycles. The van der Waals surface area contributed by atoms with Crippen molar-refractivity contribution in [1.29, 1.82) is 0 Å². The van der Waals surface area contributed by atoms with E-state index < -0.39 is 11.7 Å². The maximum absolute atomic E-state index is 11.2. The Morgan fingerprint density at radius 2 is 1.88 bits per heavy atom. The molecule has 0 saturated heterocycles. The van der Waals surface area contributed by atoms with Crippen molar-refractivity contribution < 1.29 is 15.3 Å². The third-order valence-electron chi connectivity index (χ3n) is 8.91. The zero-order valence-electron chi connectivity index (χ0n) is 15.5. The van der Waals surface area contributed by atoms with Crippen molar-refractivity contribution in [3.05, 3.63) is 11.6 Å². The van der Waals surface area contributed by atoms with Crippen LogP contribution in [-0.2, 0) is 0 Å². The lowest BCUT2D eigenvalue weighted by Crippen LogP contribution is -2.56. The van der Waals surface area contributed by atoms with Gasteiger partial charge in [-0.25, -0.2) is 0 Å². The Labute approximate surface area is 146 Å². The molecule has 24 heavy (non-hydrogen) atoms. The maximum atomic E-state index is 11.2. The van der Waals surface area contributed by atoms with Crippen molar-refractivity contribution in [2.75, 3.05) is 0 Å². The molecule has 0 radical (unpaired) electrons. The van der Waals surface area contributed by atoms with Gasteiger partial charge in [-0.1, -0.05) is 25.5 Å². The summed E-state index contributed by atoms with van der Waals surface area (Å²) in [5.41, 5.74) is 0.727. The average molecular weight is 335 g/mol. The SMILES string of the molecule is CC(O)[C@@]1(O)CCC2C3CCC4CC(O)CC[C@]4(C)C3=CC[C@@]21C. The van der Waals surface area contributed by atoms with E-state index in [9.17, 15) is 15.3 Å². The van der Waals surface area contributed by atoms with Gasteiger partial charge >= 0.3 is 0 Å². The van der Waals surface area contributed by atoms with Crippen LogP contribution < -0.4 is 0 Å². The zero-order chi connectivity index (χ0) is 17.3. The first kappa shape index (κ1) is 17.1. The van der Waals surface area contributed by atoms with Gasteiger partial charge in [-0.15, -0.1) is 0 Å². The largest absolute Gasteiger partial charge is 0.393 e. The summed E-state index contributed by atoms with van der Waals surface area (Å²) in [6.45, 7) is 6.40. The van der Waals surface area contributed by atoms with Crippen molar-refractivity contribution in [1.82, 2.24) is 0 Å². The van der Waals surface area contributed by atoms with E-state index in [0.717, 1.165) is 38.5 Å². The summed E-state index contributed by atoms with van der Waals surface area (Å²) < 4.78 is 0. The fourth-order valence-electron chi connectivity index (χ4n) is 7.24. The van der Waals surface area contributed by atoms with E-state index in [0.29, 0.717) is 17.8 Å². The van der Waals surface area contributed by atoms with Crippen molar-refractivity contribution in [2.24, 2.45) is 28.6 Å². The van der Waals surface area contributed by atoms with E-state index in [4.69, 9.17) is 0 Å². The Morgan fingerprint density at radius 1 is 1.12 bits per heavy atom. The Kier molecular flexibility index (Phi) is 3.77. The summed E-state index contributed by atoms with van der Waals surface area (Å²) in [5, 5.41) is 31.6. The van der Waals surface area contributed by atoms with Gasteiger partial charge in [0.05, 0.1) is 17.8 Å². The Balaban J connectivity index is 1.70. The molecule has 0 aromatic heterocycles. The van der Waals surface area contributed by atoms with Crippen LogP contribution in [0.25, 0.3) is 0 Å². The second-order valence-electron chi connectivity index (χ2n) is 9.75. The van der Waals surface area contributed by atoms with Crippen molar-refractivity contribution in [3.63, 3.8) is 0 Å². The highest BCUT2D eigenvalue weighted by Gasteiger charge is 2.63. The lowest BCUT2D eigenvalue weighted by Gasteiger charge is -2.57. The summed E-state index contributed by atoms with van der Waals surface area (Å²) in [5.74, 6) is 1.67. The van der Waals surface area contributed by atoms with Crippen molar-refractivity contribution in [2.45, 2.75) is 89.9 Å². The Hall–Kier alpha value is -0.380. The van der Waals surface area contributed by atoms with Gasteiger partial charge in [-0.05, 0) is 81.5 Å². The van der Waals surface area contributed by atoms with Gasteiger partial charge in [0.2, 0.25) is 0 Å². The van der Waals surface area contributed by atoms with E-state index in [2.05, 4.69) is 19.9 Å². The first-order valence-corrected chi connectivity index (χ1v) is 10.0. The first-order valence-electron chi connectivity index (χ1n) is 10.0. The minimum Gasteiger partial charge on any atom is -0.393 e. The van der Waals surface area contributed by atoms with Gasteiger partial charge in [-0.3, -0.25) is 0 Å². The van der Waals surface area contributed by atoms with Crippen LogP contribution >= 0.6 is 0 Å². The van der Waals surface area contributed by atoms with Gasteiger partial charge < -0.3 is 15.3 Å². The van der Waals surface area contributed by atoms with E-state index in [1.807, 2.05) is 0 Å². The molecule has 0 bridgehead atoms. The van der Waals surface area contributed by atoms with Crippen LogP contribution in [0.15, 0.2) is 11.6 Å². The monoisotopic (exact) mass is 334 g/mol. The molecule has 4 aliphatic rings. The maximum Gasteiger partial charge on any atom is 0.0961 e. The number of rotatable bonds is 1. The molecule has 0 aliphatic heterocycles. The summed E-state index contributed by atoms with van der Waals surface area (Å²) >= 11 is 0. The number of hydrogen-bond acceptors (Lipinski definition) is 3. The average Bonchev–Trinajstić information content (AvgIpc) is 2.81. The molecule has 8 atom stereocenters. The lowest BCUT2D eigenvalue weighted by atomic mass is 9.48. The minimum atomic E-state index is -0.944. The molecule has 0 spiro atoms. The summed E-state index contributed by atoms with van der Waals surface area (Å²) in [4.78, 5) is 0. The number of hydrogen-bond donors (Lipinski definition) is 3. The van der Waals surface area contributed by atoms with E-state index in [1.54, 1.807) is 12.5 Å². The molecular weight excluding hydrogens is 300 g/mol. The van der Waals surface area contributed by atoms with Gasteiger partial charge in [0.15, 0.2) is 0 Å². The first-order chi connectivity index (χ1) is 11.2. The second-order valence-corrected chi connectivity index (χ2v) is 9.75. The van der Waals surface area contributed by atoms with Crippen LogP contribution in [0.4, 0.5) is 0 Å². The molecule has 4 rings (SSSR count). The molecule has 4 aliphatic carbocycles. The second kappa shape index (κ2) is 5.31. The minimum absolute atomic E-state index is 0.110. The van der Waals surface area contributed by atoms with Crippen molar-refractivity contribution >= 4 is 0 Å². The predicted molar refractivity (Wildman–Crippen MR) is 94.3 cm³/mol. The van der Waals surface area contributed by atoms with Crippen LogP contribution in [0.3, 0.4) is 0 Å². The third kappa shape index (κ3) is 2.01. The standard InChI is InChI=1S/C21H34O3/c1-13(22)21(24)11-8-18-16-5-4-14-12-15(23)6-9-19(14,2)17(16)7-10-20(18,21)3/h7,13-16,18,22-24H,4-6,8-12H2,1-3H3/t13?,14?,15?,16?,18?,19-,20-,21-/m0/s1. The molecule has 0 amide bonds. The molecule has 3 nitrogen and oxygen atoms in total. The fraction of sp³-hybridized carbons (Fsp3) is 0.905. The van der Waals surface area contributed by atoms with Crippen LogP contribution in [-0.4, -0.2) is 33.1 Å². The van der Waals surface area contributed by atoms with Gasteiger partial charge in [0, 0.05) is 5.41 Å². The van der Waals surface area contributed by atoms with Crippen LogP contribution in [0.1, 0.15) is 72.1 Å². The van der Waals surface area contributed by atoms with Crippen LogP contribution in [0.2, 0.25) is 0 Å². The van der Waals surface area contributed by atoms with E-state index in [-0.39, 0.29) is 16.9 Å². The summed E-state index contributed by atoms with van der Waals surface area (Å²) in [7, 11) is 0. The molecule has 3 saturated carbocycles. The number of aliphatic hydroxyl groups excluding tert-OH is 2. The molecule has 136 valence electrons. The van der Waals surface area contributed by atoms with E-state index >= 15 is 0 Å². The third-order valence-corrected chi connectivity index (χ3v) is 8.91. The number of allylic oxidation sites excluding steroid dienone is 2. The highest BCUT2D eigenvalue weighted by Crippen LogP contribution is 2.66. The molecule has 5 unspecified atom stereocenters. The number of fused-ring (bicyclic) bond motifs is 5. The molecular formula is C21H34O3. The quantitative estimate of drug-likeness (QED) is 0.644. The molecule has 3 fully saturated rings. The molecule has 0 aromatic rings. The van der Waals surface area contributed by atoms with Gasteiger partial charge in [0.1, 0.15) is 0 Å². The summed E-state index contributed by atoms with van der Waals surface area (Å²) in [6, 6.07) is 0.